The van der Waals surface area contributed by atoms with Crippen LogP contribution in [-0.2, 0) is 38.3 Å². The number of carbonyl (C=O) groups is 1. The van der Waals surface area contributed by atoms with E-state index in [1.165, 1.54) is 25.7 Å². The minimum Gasteiger partial charge on any atom is -0.457 e. The molecule has 1 heterocycles. The highest BCUT2D eigenvalue weighted by atomic mass is 32.3. The second-order valence-electron chi connectivity index (χ2n) is 12.4. The minimum atomic E-state index is -5.05. The number of carbonyl (C=O) groups excluding carboxylic acids is 1. The lowest BCUT2D eigenvalue weighted by Crippen LogP contribution is -2.60. The number of allylic oxidation sites excluding steroid dienone is 6. The molecule has 1 fully saturated rings. The Labute approximate surface area is 294 Å². The van der Waals surface area contributed by atoms with Gasteiger partial charge in [0, 0.05) is 13.0 Å². The van der Waals surface area contributed by atoms with Crippen LogP contribution in [0.1, 0.15) is 123 Å². The average molecular weight is 721 g/mol. The minimum absolute atomic E-state index is 0.0213. The molecule has 49 heavy (non-hydrogen) atoms. The molecular formula is C36H64O12S. The summed E-state index contributed by atoms with van der Waals surface area (Å²) in [5.41, 5.74) is 0. The lowest BCUT2D eigenvalue weighted by atomic mass is 9.99. The standard InChI is InChI=1S/C36H64O12S/c1-3-5-7-9-11-13-14-15-16-17-18-20-22-24-26-44-28-30(46-32(38)25-23-21-19-12-10-8-6-4-2)29-45-36-34(40)35(48-49(41,42)43)33(39)31(27-37)47-36/h5,7,11,13,15-16,30-31,33-37,39-40H,3-4,6,8-10,12,14,17-29H2,1-2H3,(H,41,42,43)/b7-5-,13-11-,16-15-. The van der Waals surface area contributed by atoms with Crippen molar-refractivity contribution in [2.24, 2.45) is 0 Å². The van der Waals surface area contributed by atoms with Gasteiger partial charge < -0.3 is 34.3 Å². The summed E-state index contributed by atoms with van der Waals surface area (Å²) in [5, 5.41) is 30.4. The van der Waals surface area contributed by atoms with Gasteiger partial charge in [-0.15, -0.1) is 0 Å². The van der Waals surface area contributed by atoms with Gasteiger partial charge in [-0.25, -0.2) is 4.18 Å². The van der Waals surface area contributed by atoms with Crippen molar-refractivity contribution >= 4 is 16.4 Å². The third-order valence-electron chi connectivity index (χ3n) is 8.03. The molecule has 13 heteroatoms. The van der Waals surface area contributed by atoms with Gasteiger partial charge in [-0.2, -0.15) is 8.42 Å². The SMILES string of the molecule is CC/C=C\C/C=C\C/C=C\CCCCCCOCC(COC1OC(CO)C(O)C(OS(=O)(=O)O)C1O)OC(=O)CCCCCCCCCC. The molecule has 0 aromatic rings. The van der Waals surface area contributed by atoms with Gasteiger partial charge in [0.15, 0.2) is 6.29 Å². The number of aliphatic hydroxyl groups is 3. The molecule has 0 saturated carbocycles. The number of aliphatic hydroxyl groups excluding tert-OH is 3. The van der Waals surface area contributed by atoms with Gasteiger partial charge in [-0.1, -0.05) is 108 Å². The smallest absolute Gasteiger partial charge is 0.397 e. The van der Waals surface area contributed by atoms with E-state index < -0.39 is 59.8 Å². The number of ether oxygens (including phenoxy) is 4. The van der Waals surface area contributed by atoms with Gasteiger partial charge in [0.05, 0.1) is 19.8 Å². The molecule has 0 aliphatic carbocycles. The zero-order chi connectivity index (χ0) is 36.2. The fourth-order valence-corrected chi connectivity index (χ4v) is 5.78. The van der Waals surface area contributed by atoms with Crippen molar-refractivity contribution in [3.8, 4) is 0 Å². The molecule has 1 aliphatic heterocycles. The molecule has 1 saturated heterocycles. The van der Waals surface area contributed by atoms with Gasteiger partial charge in [-0.05, 0) is 44.9 Å². The van der Waals surface area contributed by atoms with Gasteiger partial charge in [0.25, 0.3) is 0 Å². The molecule has 4 N–H and O–H groups in total. The van der Waals surface area contributed by atoms with Gasteiger partial charge in [0.2, 0.25) is 0 Å². The fraction of sp³-hybridized carbons (Fsp3) is 0.806. The van der Waals surface area contributed by atoms with E-state index >= 15 is 0 Å². The average Bonchev–Trinajstić information content (AvgIpc) is 3.06. The lowest BCUT2D eigenvalue weighted by molar-refractivity contribution is -0.301. The Balaban J connectivity index is 2.54. The van der Waals surface area contributed by atoms with Crippen LogP contribution in [0.25, 0.3) is 0 Å². The number of hydrogen-bond donors (Lipinski definition) is 4. The molecule has 12 nitrogen and oxygen atoms in total. The van der Waals surface area contributed by atoms with E-state index in [1.54, 1.807) is 0 Å². The molecule has 1 aliphatic rings. The maximum Gasteiger partial charge on any atom is 0.397 e. The predicted octanol–water partition coefficient (Wildman–Crippen LogP) is 5.90. The van der Waals surface area contributed by atoms with Crippen molar-refractivity contribution in [1.29, 1.82) is 0 Å². The van der Waals surface area contributed by atoms with E-state index in [-0.39, 0.29) is 19.6 Å². The quantitative estimate of drug-likeness (QED) is 0.0299. The van der Waals surface area contributed by atoms with Gasteiger partial charge >= 0.3 is 16.4 Å². The molecule has 6 unspecified atom stereocenters. The predicted molar refractivity (Wildman–Crippen MR) is 188 cm³/mol. The maximum atomic E-state index is 12.7. The molecule has 6 atom stereocenters. The summed E-state index contributed by atoms with van der Waals surface area (Å²) in [6.45, 7) is 3.75. The molecule has 0 aromatic heterocycles. The van der Waals surface area contributed by atoms with Crippen molar-refractivity contribution < 1.29 is 56.2 Å². The first-order chi connectivity index (χ1) is 23.6. The number of rotatable bonds is 30. The van der Waals surface area contributed by atoms with E-state index in [9.17, 15) is 28.5 Å². The molecular weight excluding hydrogens is 656 g/mol. The van der Waals surface area contributed by atoms with Crippen LogP contribution in [0.3, 0.4) is 0 Å². The topological polar surface area (TPSA) is 178 Å². The second kappa shape index (κ2) is 29.0. The Morgan fingerprint density at radius 1 is 0.796 bits per heavy atom. The number of hydrogen-bond acceptors (Lipinski definition) is 11. The monoisotopic (exact) mass is 720 g/mol. The fourth-order valence-electron chi connectivity index (χ4n) is 5.27. The Bertz CT molecular complexity index is 1020. The summed E-state index contributed by atoms with van der Waals surface area (Å²) in [7, 11) is -5.05. The van der Waals surface area contributed by atoms with Gasteiger partial charge in [-0.3, -0.25) is 9.35 Å². The summed E-state index contributed by atoms with van der Waals surface area (Å²) >= 11 is 0. The van der Waals surface area contributed by atoms with Crippen molar-refractivity contribution in [3.63, 3.8) is 0 Å². The van der Waals surface area contributed by atoms with Crippen LogP contribution >= 0.6 is 0 Å². The van der Waals surface area contributed by atoms with E-state index in [4.69, 9.17) is 23.5 Å². The largest absolute Gasteiger partial charge is 0.457 e. The van der Waals surface area contributed by atoms with Gasteiger partial charge in [0.1, 0.15) is 30.5 Å². The summed E-state index contributed by atoms with van der Waals surface area (Å²) in [6, 6.07) is 0. The molecule has 0 bridgehead atoms. The summed E-state index contributed by atoms with van der Waals surface area (Å²) in [5.74, 6) is -0.415. The molecule has 286 valence electrons. The molecule has 0 aromatic carbocycles. The Kier molecular flexibility index (Phi) is 26.8. The number of esters is 1. The highest BCUT2D eigenvalue weighted by Crippen LogP contribution is 2.26. The molecule has 0 radical (unpaired) electrons. The Morgan fingerprint density at radius 2 is 1.41 bits per heavy atom. The van der Waals surface area contributed by atoms with Crippen LogP contribution < -0.4 is 0 Å². The van der Waals surface area contributed by atoms with Crippen LogP contribution in [0.2, 0.25) is 0 Å². The summed E-state index contributed by atoms with van der Waals surface area (Å²) < 4.78 is 58.6. The highest BCUT2D eigenvalue weighted by molar-refractivity contribution is 7.80. The van der Waals surface area contributed by atoms with Crippen molar-refractivity contribution in [2.45, 2.75) is 160 Å². The lowest BCUT2D eigenvalue weighted by Gasteiger charge is -2.41. The van der Waals surface area contributed by atoms with Crippen molar-refractivity contribution in [3.05, 3.63) is 36.5 Å². The first-order valence-corrected chi connectivity index (χ1v) is 19.6. The summed E-state index contributed by atoms with van der Waals surface area (Å²) in [4.78, 5) is 12.7. The Hall–Kier alpha value is -1.68. The van der Waals surface area contributed by atoms with Crippen LogP contribution in [-0.4, -0.2) is 97.5 Å². The second-order valence-corrected chi connectivity index (χ2v) is 13.5. The van der Waals surface area contributed by atoms with E-state index in [1.807, 2.05) is 0 Å². The van der Waals surface area contributed by atoms with E-state index in [0.717, 1.165) is 70.6 Å². The number of unbranched alkanes of at least 4 members (excludes halogenated alkanes) is 11. The van der Waals surface area contributed by atoms with Crippen LogP contribution in [0, 0.1) is 0 Å². The molecule has 0 spiro atoms. The summed E-state index contributed by atoms with van der Waals surface area (Å²) in [6.07, 6.45) is 20.7. The first kappa shape index (κ1) is 45.3. The van der Waals surface area contributed by atoms with E-state index in [2.05, 4.69) is 54.5 Å². The zero-order valence-electron chi connectivity index (χ0n) is 29.7. The molecule has 1 rings (SSSR count). The van der Waals surface area contributed by atoms with Crippen molar-refractivity contribution in [2.75, 3.05) is 26.4 Å². The zero-order valence-corrected chi connectivity index (χ0v) is 30.6. The first-order valence-electron chi connectivity index (χ1n) is 18.2. The van der Waals surface area contributed by atoms with Crippen molar-refractivity contribution in [1.82, 2.24) is 0 Å². The highest BCUT2D eigenvalue weighted by Gasteiger charge is 2.48. The normalized spacial score (nSPS) is 22.4. The van der Waals surface area contributed by atoms with Crippen LogP contribution in [0.5, 0.6) is 0 Å². The van der Waals surface area contributed by atoms with Crippen LogP contribution in [0.4, 0.5) is 0 Å². The third-order valence-corrected chi connectivity index (χ3v) is 8.49. The maximum absolute atomic E-state index is 12.7. The van der Waals surface area contributed by atoms with E-state index in [0.29, 0.717) is 13.0 Å². The van der Waals surface area contributed by atoms with Crippen LogP contribution in [0.15, 0.2) is 36.5 Å². The Morgan fingerprint density at radius 3 is 2.06 bits per heavy atom. The third kappa shape index (κ3) is 23.4. The molecule has 0 amide bonds.